The van der Waals surface area contributed by atoms with Crippen LogP contribution >= 0.6 is 0 Å². The maximum Gasteiger partial charge on any atom is 0.262 e. The van der Waals surface area contributed by atoms with Gasteiger partial charge in [-0.2, -0.15) is 0 Å². The number of benzene rings is 4. The summed E-state index contributed by atoms with van der Waals surface area (Å²) in [5.74, 6) is -1.87. The molecular weight excluding hydrogens is 408 g/mol. The third-order valence-corrected chi connectivity index (χ3v) is 5.71. The van der Waals surface area contributed by atoms with Gasteiger partial charge in [0.2, 0.25) is 5.78 Å². The molecule has 0 aliphatic heterocycles. The van der Waals surface area contributed by atoms with Gasteiger partial charge in [-0.15, -0.1) is 0 Å². The SMILES string of the molecule is CC(OC(OC(C)c1ccccc1)(C(=O)c1ccccc1)c1ccccc1)c1ccccc1. The van der Waals surface area contributed by atoms with Gasteiger partial charge in [0.05, 0.1) is 12.2 Å². The first-order valence-corrected chi connectivity index (χ1v) is 11.2. The van der Waals surface area contributed by atoms with E-state index in [1.807, 2.05) is 123 Å². The molecule has 0 aliphatic rings. The summed E-state index contributed by atoms with van der Waals surface area (Å²) in [5.41, 5.74) is 3.12. The van der Waals surface area contributed by atoms with Crippen LogP contribution in [0.25, 0.3) is 0 Å². The van der Waals surface area contributed by atoms with Crippen LogP contribution in [0.2, 0.25) is 0 Å². The van der Waals surface area contributed by atoms with Crippen molar-refractivity contribution in [2.45, 2.75) is 31.8 Å². The Hall–Kier alpha value is -3.53. The van der Waals surface area contributed by atoms with Crippen LogP contribution in [0.4, 0.5) is 0 Å². The highest BCUT2D eigenvalue weighted by Gasteiger charge is 2.46. The van der Waals surface area contributed by atoms with E-state index in [1.54, 1.807) is 12.1 Å². The van der Waals surface area contributed by atoms with Crippen LogP contribution in [-0.2, 0) is 15.3 Å². The Kier molecular flexibility index (Phi) is 7.13. The minimum absolute atomic E-state index is 0.236. The molecule has 0 saturated carbocycles. The number of carbonyl (C=O) groups excluding carboxylic acids is 1. The molecule has 2 unspecified atom stereocenters. The summed E-state index contributed by atoms with van der Waals surface area (Å²) in [4.78, 5) is 14.2. The van der Waals surface area contributed by atoms with E-state index in [1.165, 1.54) is 0 Å². The van der Waals surface area contributed by atoms with E-state index >= 15 is 0 Å². The van der Waals surface area contributed by atoms with Crippen molar-refractivity contribution < 1.29 is 14.3 Å². The van der Waals surface area contributed by atoms with Gasteiger partial charge in [0, 0.05) is 11.1 Å². The Morgan fingerprint density at radius 3 is 1.36 bits per heavy atom. The summed E-state index contributed by atoms with van der Waals surface area (Å²) in [7, 11) is 0. The van der Waals surface area contributed by atoms with Crippen molar-refractivity contribution in [2.75, 3.05) is 0 Å². The van der Waals surface area contributed by atoms with E-state index in [4.69, 9.17) is 9.47 Å². The average Bonchev–Trinajstić information content (AvgIpc) is 2.89. The normalized spacial score (nSPS) is 14.7. The van der Waals surface area contributed by atoms with Crippen LogP contribution in [0.1, 0.15) is 53.1 Å². The summed E-state index contributed by atoms with van der Waals surface area (Å²) in [6.45, 7) is 3.89. The lowest BCUT2D eigenvalue weighted by Gasteiger charge is -2.37. The lowest BCUT2D eigenvalue weighted by Crippen LogP contribution is -2.43. The number of ketones is 1. The summed E-state index contributed by atoms with van der Waals surface area (Å²) < 4.78 is 13.3. The molecule has 0 radical (unpaired) electrons. The molecule has 3 heteroatoms. The number of hydrogen-bond donors (Lipinski definition) is 0. The highest BCUT2D eigenvalue weighted by Crippen LogP contribution is 2.40. The summed E-state index contributed by atoms with van der Waals surface area (Å²) in [6.07, 6.45) is -0.774. The number of ether oxygens (including phenoxy) is 2. The van der Waals surface area contributed by atoms with E-state index < -0.39 is 5.79 Å². The topological polar surface area (TPSA) is 35.5 Å². The fourth-order valence-corrected chi connectivity index (χ4v) is 3.92. The van der Waals surface area contributed by atoms with Crippen LogP contribution in [0.3, 0.4) is 0 Å². The van der Waals surface area contributed by atoms with Gasteiger partial charge in [-0.3, -0.25) is 4.79 Å². The third kappa shape index (κ3) is 5.11. The number of hydrogen-bond acceptors (Lipinski definition) is 3. The van der Waals surface area contributed by atoms with Crippen LogP contribution in [0.15, 0.2) is 121 Å². The molecule has 4 aromatic rings. The van der Waals surface area contributed by atoms with Crippen molar-refractivity contribution in [2.24, 2.45) is 0 Å². The average molecular weight is 437 g/mol. The zero-order valence-electron chi connectivity index (χ0n) is 18.9. The molecule has 2 atom stereocenters. The van der Waals surface area contributed by atoms with Gasteiger partial charge < -0.3 is 9.47 Å². The predicted molar refractivity (Wildman–Crippen MR) is 131 cm³/mol. The second-order valence-corrected chi connectivity index (χ2v) is 8.02. The minimum Gasteiger partial charge on any atom is -0.332 e. The van der Waals surface area contributed by atoms with Crippen LogP contribution in [0, 0.1) is 0 Å². The Labute approximate surface area is 195 Å². The van der Waals surface area contributed by atoms with Crippen LogP contribution in [0.5, 0.6) is 0 Å². The molecule has 0 heterocycles. The fourth-order valence-electron chi connectivity index (χ4n) is 3.92. The monoisotopic (exact) mass is 436 g/mol. The molecule has 3 nitrogen and oxygen atoms in total. The molecule has 0 bridgehead atoms. The molecule has 0 spiro atoms. The first-order chi connectivity index (χ1) is 16.1. The smallest absolute Gasteiger partial charge is 0.262 e. The first kappa shape index (κ1) is 22.7. The molecule has 33 heavy (non-hydrogen) atoms. The Morgan fingerprint density at radius 1 is 0.576 bits per heavy atom. The van der Waals surface area contributed by atoms with Gasteiger partial charge in [-0.05, 0) is 25.0 Å². The summed E-state index contributed by atoms with van der Waals surface area (Å²) >= 11 is 0. The van der Waals surface area contributed by atoms with Crippen molar-refractivity contribution in [3.8, 4) is 0 Å². The molecular formula is C30H28O3. The molecule has 0 aromatic heterocycles. The molecule has 0 aliphatic carbocycles. The van der Waals surface area contributed by atoms with Gasteiger partial charge in [0.25, 0.3) is 5.79 Å². The van der Waals surface area contributed by atoms with Gasteiger partial charge in [0.15, 0.2) is 0 Å². The predicted octanol–water partition coefficient (Wildman–Crippen LogP) is 7.28. The quantitative estimate of drug-likeness (QED) is 0.204. The lowest BCUT2D eigenvalue weighted by atomic mass is 9.94. The van der Waals surface area contributed by atoms with Crippen molar-refractivity contribution in [1.29, 1.82) is 0 Å². The first-order valence-electron chi connectivity index (χ1n) is 11.2. The highest BCUT2D eigenvalue weighted by molar-refractivity contribution is 6.02. The minimum atomic E-state index is -1.63. The van der Waals surface area contributed by atoms with E-state index in [2.05, 4.69) is 0 Å². The summed E-state index contributed by atoms with van der Waals surface area (Å²) in [6, 6.07) is 38.4. The highest BCUT2D eigenvalue weighted by atomic mass is 16.7. The largest absolute Gasteiger partial charge is 0.332 e. The molecule has 4 aromatic carbocycles. The number of Topliss-reactive ketones (excluding diaryl/α,β-unsaturated/α-hetero) is 1. The molecule has 166 valence electrons. The summed E-state index contributed by atoms with van der Waals surface area (Å²) in [5, 5.41) is 0. The number of carbonyl (C=O) groups is 1. The van der Waals surface area contributed by atoms with Crippen molar-refractivity contribution in [3.63, 3.8) is 0 Å². The van der Waals surface area contributed by atoms with Gasteiger partial charge >= 0.3 is 0 Å². The maximum atomic E-state index is 14.2. The van der Waals surface area contributed by atoms with Gasteiger partial charge in [-0.25, -0.2) is 0 Å². The fraction of sp³-hybridized carbons (Fsp3) is 0.167. The van der Waals surface area contributed by atoms with E-state index in [-0.39, 0.29) is 18.0 Å². The van der Waals surface area contributed by atoms with E-state index in [0.717, 1.165) is 11.1 Å². The Balaban J connectivity index is 1.84. The molecule has 4 rings (SSSR count). The van der Waals surface area contributed by atoms with Crippen molar-refractivity contribution in [1.82, 2.24) is 0 Å². The standard InChI is InChI=1S/C30H28O3/c1-23(25-15-7-3-8-16-25)32-30(28-21-13-6-14-22-28,29(31)27-19-11-5-12-20-27)33-24(2)26-17-9-4-10-18-26/h3-24H,1-2H3. The Bertz CT molecular complexity index is 1090. The molecule has 0 N–H and O–H groups in total. The van der Waals surface area contributed by atoms with E-state index in [9.17, 15) is 4.79 Å². The third-order valence-electron chi connectivity index (χ3n) is 5.71. The van der Waals surface area contributed by atoms with Crippen LogP contribution in [-0.4, -0.2) is 5.78 Å². The van der Waals surface area contributed by atoms with Gasteiger partial charge in [-0.1, -0.05) is 121 Å². The van der Waals surface area contributed by atoms with Crippen LogP contribution < -0.4 is 0 Å². The molecule has 0 amide bonds. The zero-order valence-corrected chi connectivity index (χ0v) is 18.9. The van der Waals surface area contributed by atoms with Crippen molar-refractivity contribution in [3.05, 3.63) is 144 Å². The lowest BCUT2D eigenvalue weighted by molar-refractivity contribution is -0.252. The Morgan fingerprint density at radius 2 is 0.939 bits per heavy atom. The van der Waals surface area contributed by atoms with Gasteiger partial charge in [0.1, 0.15) is 0 Å². The van der Waals surface area contributed by atoms with E-state index in [0.29, 0.717) is 11.1 Å². The molecule has 0 saturated heterocycles. The number of rotatable bonds is 9. The molecule has 0 fully saturated rings. The second kappa shape index (κ2) is 10.4. The van der Waals surface area contributed by atoms with Crippen molar-refractivity contribution >= 4 is 5.78 Å². The second-order valence-electron chi connectivity index (χ2n) is 8.02. The zero-order chi connectivity index (χ0) is 23.1. The maximum absolute atomic E-state index is 14.2.